The van der Waals surface area contributed by atoms with Crippen molar-refractivity contribution in [1.82, 2.24) is 0 Å². The van der Waals surface area contributed by atoms with Gasteiger partial charge in [0.05, 0.1) is 0 Å². The normalized spacial score (nSPS) is 9.00. The summed E-state index contributed by atoms with van der Waals surface area (Å²) in [6.45, 7) is 6.92. The van der Waals surface area contributed by atoms with Crippen LogP contribution in [0.1, 0.15) is 20.8 Å². The van der Waals surface area contributed by atoms with Crippen molar-refractivity contribution in [2.75, 3.05) is 0 Å². The Bertz CT molecular complexity index is 30.0. The minimum absolute atomic E-state index is 0. The van der Waals surface area contributed by atoms with Gasteiger partial charge in [-0.05, 0) is 0 Å². The van der Waals surface area contributed by atoms with Gasteiger partial charge in [-0.15, -0.1) is 0 Å². The van der Waals surface area contributed by atoms with Gasteiger partial charge in [0.2, 0.25) is 0 Å². The van der Waals surface area contributed by atoms with E-state index in [1.54, 1.807) is 0 Å². The average Bonchev–Trinajstić information content (AvgIpc) is 1.72. The molecule has 0 radical (unpaired) electrons. The second kappa shape index (κ2) is 7.81. The Balaban J connectivity index is 0. The molecule has 0 nitrogen and oxygen atoms in total. The van der Waals surface area contributed by atoms with Crippen LogP contribution in [0.5, 0.6) is 0 Å². The van der Waals surface area contributed by atoms with Crippen molar-refractivity contribution in [2.24, 2.45) is 0 Å². The summed E-state index contributed by atoms with van der Waals surface area (Å²) in [4.78, 5) is 0. The fraction of sp³-hybridized carbons (Fsp3) is 1.00. The van der Waals surface area contributed by atoms with E-state index in [9.17, 15) is 0 Å². The van der Waals surface area contributed by atoms with Crippen molar-refractivity contribution in [3.05, 3.63) is 0 Å². The van der Waals surface area contributed by atoms with Crippen LogP contribution in [0.2, 0.25) is 18.1 Å². The van der Waals surface area contributed by atoms with Gasteiger partial charge in [0, 0.05) is 0 Å². The Labute approximate surface area is 66.8 Å². The van der Waals surface area contributed by atoms with Crippen LogP contribution in [-0.2, 0) is 0 Å². The molecule has 0 saturated carbocycles. The summed E-state index contributed by atoms with van der Waals surface area (Å²) >= 11 is 0. The topological polar surface area (TPSA) is 0 Å². The Morgan fingerprint density at radius 3 is 1.12 bits per heavy atom. The summed E-state index contributed by atoms with van der Waals surface area (Å²) in [6, 6.07) is 4.37. The summed E-state index contributed by atoms with van der Waals surface area (Å²) in [5.41, 5.74) is 0. The zero-order valence-corrected chi connectivity index (χ0v) is 7.62. The van der Waals surface area contributed by atoms with E-state index < -0.39 is 0 Å². The maximum absolute atomic E-state index is 2.31. The van der Waals surface area contributed by atoms with Crippen LogP contribution in [0.3, 0.4) is 0 Å². The standard InChI is InChI=1S/C6H15Si.Li/c1-4-7(5-2)6-3;/h4-6H2,1-3H3;/q-1;+1. The van der Waals surface area contributed by atoms with Crippen LogP contribution in [0.15, 0.2) is 0 Å². The molecule has 0 spiro atoms. The molecule has 0 aromatic rings. The van der Waals surface area contributed by atoms with Crippen molar-refractivity contribution >= 4 is 8.80 Å². The summed E-state index contributed by atoms with van der Waals surface area (Å²) in [5, 5.41) is 0. The van der Waals surface area contributed by atoms with Crippen molar-refractivity contribution in [2.45, 2.75) is 38.9 Å². The van der Waals surface area contributed by atoms with E-state index >= 15 is 0 Å². The molecule has 0 saturated heterocycles. The summed E-state index contributed by atoms with van der Waals surface area (Å²) in [7, 11) is 0.137. The zero-order valence-electron chi connectivity index (χ0n) is 6.62. The molecule has 0 rings (SSSR count). The van der Waals surface area contributed by atoms with Gasteiger partial charge < -0.3 is 0 Å². The molecular formula is C6H15LiSi. The van der Waals surface area contributed by atoms with Crippen LogP contribution in [0, 0.1) is 0 Å². The smallest absolute Gasteiger partial charge is 0.261 e. The average molecular weight is 122 g/mol. The molecule has 0 aromatic carbocycles. The molecule has 44 valence electrons. The van der Waals surface area contributed by atoms with Crippen molar-refractivity contribution in [3.63, 3.8) is 0 Å². The summed E-state index contributed by atoms with van der Waals surface area (Å²) in [6.07, 6.45) is 0. The molecule has 0 aromatic heterocycles. The van der Waals surface area contributed by atoms with Crippen LogP contribution >= 0.6 is 0 Å². The van der Waals surface area contributed by atoms with E-state index in [0.717, 1.165) is 0 Å². The second-order valence-electron chi connectivity index (χ2n) is 1.81. The predicted molar refractivity (Wildman–Crippen MR) is 37.2 cm³/mol. The van der Waals surface area contributed by atoms with Crippen LogP contribution in [0.25, 0.3) is 0 Å². The monoisotopic (exact) mass is 122 g/mol. The fourth-order valence-electron chi connectivity index (χ4n) is 0.750. The van der Waals surface area contributed by atoms with Crippen LogP contribution in [0.4, 0.5) is 0 Å². The minimum Gasteiger partial charge on any atom is -0.261 e. The molecule has 0 aliphatic heterocycles. The van der Waals surface area contributed by atoms with E-state index in [-0.39, 0.29) is 27.7 Å². The van der Waals surface area contributed by atoms with E-state index in [0.29, 0.717) is 0 Å². The van der Waals surface area contributed by atoms with Crippen molar-refractivity contribution in [1.29, 1.82) is 0 Å². The van der Waals surface area contributed by atoms with Gasteiger partial charge in [-0.1, -0.05) is 20.8 Å². The minimum atomic E-state index is 0. The molecule has 0 heterocycles. The first-order chi connectivity index (χ1) is 3.35. The SMILES string of the molecule is CC[Si-](CC)CC.[Li+]. The first-order valence-corrected chi connectivity index (χ1v) is 5.30. The van der Waals surface area contributed by atoms with Gasteiger partial charge in [-0.3, -0.25) is 8.80 Å². The van der Waals surface area contributed by atoms with Gasteiger partial charge in [-0.2, -0.15) is 18.1 Å². The van der Waals surface area contributed by atoms with E-state index in [1.807, 2.05) is 0 Å². The molecular weight excluding hydrogens is 107 g/mol. The van der Waals surface area contributed by atoms with Crippen LogP contribution in [-0.4, -0.2) is 8.80 Å². The van der Waals surface area contributed by atoms with Gasteiger partial charge >= 0.3 is 18.9 Å². The maximum Gasteiger partial charge on any atom is 1.00 e. The first-order valence-electron chi connectivity index (χ1n) is 3.18. The van der Waals surface area contributed by atoms with Crippen molar-refractivity contribution in [3.8, 4) is 0 Å². The third kappa shape index (κ3) is 4.96. The molecule has 0 unspecified atom stereocenters. The quantitative estimate of drug-likeness (QED) is 0.445. The molecule has 8 heavy (non-hydrogen) atoms. The van der Waals surface area contributed by atoms with Gasteiger partial charge in [0.25, 0.3) is 0 Å². The van der Waals surface area contributed by atoms with Gasteiger partial charge in [-0.25, -0.2) is 0 Å². The molecule has 0 fully saturated rings. The van der Waals surface area contributed by atoms with E-state index in [4.69, 9.17) is 0 Å². The Hall–Kier alpha value is 0.814. The number of hydrogen-bond donors (Lipinski definition) is 0. The maximum atomic E-state index is 2.31. The van der Waals surface area contributed by atoms with Gasteiger partial charge in [0.15, 0.2) is 0 Å². The van der Waals surface area contributed by atoms with Gasteiger partial charge in [0.1, 0.15) is 0 Å². The number of hydrogen-bond acceptors (Lipinski definition) is 0. The largest absolute Gasteiger partial charge is 1.00 e. The van der Waals surface area contributed by atoms with E-state index in [1.165, 1.54) is 18.1 Å². The molecule has 0 amide bonds. The second-order valence-corrected chi connectivity index (χ2v) is 5.43. The zero-order chi connectivity index (χ0) is 5.70. The molecule has 0 bridgehead atoms. The molecule has 2 heteroatoms. The van der Waals surface area contributed by atoms with E-state index in [2.05, 4.69) is 20.8 Å². The third-order valence-corrected chi connectivity index (χ3v) is 4.50. The Morgan fingerprint density at radius 1 is 0.875 bits per heavy atom. The third-order valence-electron chi connectivity index (χ3n) is 1.50. The summed E-state index contributed by atoms with van der Waals surface area (Å²) < 4.78 is 0. The van der Waals surface area contributed by atoms with Crippen molar-refractivity contribution < 1.29 is 18.9 Å². The molecule has 0 aliphatic carbocycles. The Morgan fingerprint density at radius 2 is 1.12 bits per heavy atom. The Kier molecular flexibility index (Phi) is 11.3. The first kappa shape index (κ1) is 11.6. The molecule has 0 atom stereocenters. The fourth-order valence-corrected chi connectivity index (χ4v) is 2.25. The van der Waals surface area contributed by atoms with Crippen LogP contribution < -0.4 is 18.9 Å². The number of rotatable bonds is 3. The molecule has 0 aliphatic rings. The molecule has 0 N–H and O–H groups in total. The summed E-state index contributed by atoms with van der Waals surface area (Å²) in [5.74, 6) is 0. The predicted octanol–water partition coefficient (Wildman–Crippen LogP) is -0.455.